The maximum absolute atomic E-state index is 13.3. The van der Waals surface area contributed by atoms with Crippen molar-refractivity contribution in [2.45, 2.75) is 18.1 Å². The van der Waals surface area contributed by atoms with Crippen LogP contribution in [0.2, 0.25) is 0 Å². The van der Waals surface area contributed by atoms with E-state index in [0.29, 0.717) is 43.6 Å². The van der Waals surface area contributed by atoms with Crippen LogP contribution in [0.4, 0.5) is 10.1 Å². The van der Waals surface area contributed by atoms with Crippen LogP contribution in [0, 0.1) is 5.82 Å². The number of nitrogens with zero attached hydrogens (tertiary/aromatic N) is 6. The molecule has 0 bridgehead atoms. The van der Waals surface area contributed by atoms with Crippen molar-refractivity contribution in [2.24, 2.45) is 0 Å². The van der Waals surface area contributed by atoms with E-state index in [2.05, 4.69) is 26.9 Å². The molecule has 0 unspecified atom stereocenters. The molecular weight excluding hydrogens is 465 g/mol. The Morgan fingerprint density at radius 1 is 1.15 bits per heavy atom. The van der Waals surface area contributed by atoms with Crippen LogP contribution in [0.25, 0.3) is 0 Å². The van der Waals surface area contributed by atoms with Crippen molar-refractivity contribution in [3.05, 3.63) is 52.5 Å². The van der Waals surface area contributed by atoms with Crippen LogP contribution < -0.4 is 5.32 Å². The molecule has 1 aliphatic heterocycles. The first-order chi connectivity index (χ1) is 16.1. The third-order valence-corrected chi connectivity index (χ3v) is 7.05. The van der Waals surface area contributed by atoms with Crippen molar-refractivity contribution in [1.82, 2.24) is 30.0 Å². The van der Waals surface area contributed by atoms with Crippen molar-refractivity contribution in [3.8, 4) is 0 Å². The third-order valence-electron chi connectivity index (χ3n) is 5.17. The maximum Gasteiger partial charge on any atom is 0.238 e. The zero-order chi connectivity index (χ0) is 23.0. The maximum atomic E-state index is 13.3. The smallest absolute Gasteiger partial charge is 0.238 e. The van der Waals surface area contributed by atoms with E-state index in [4.69, 9.17) is 0 Å². The average Bonchev–Trinajstić information content (AvgIpc) is 3.48. The number of nitrogens with one attached hydrogen (secondary N) is 1. The summed E-state index contributed by atoms with van der Waals surface area (Å²) in [5, 5.41) is 17.2. The van der Waals surface area contributed by atoms with E-state index in [0.717, 1.165) is 6.42 Å². The number of hydrogen-bond donors (Lipinski definition) is 1. The minimum Gasteiger partial charge on any atom is -0.339 e. The minimum absolute atomic E-state index is 0.0247. The van der Waals surface area contributed by atoms with Gasteiger partial charge in [0.25, 0.3) is 0 Å². The van der Waals surface area contributed by atoms with Crippen LogP contribution in [0.15, 0.2) is 46.9 Å². The molecule has 9 nitrogen and oxygen atoms in total. The third kappa shape index (κ3) is 6.83. The van der Waals surface area contributed by atoms with Crippen LogP contribution >= 0.6 is 23.1 Å². The highest BCUT2D eigenvalue weighted by Crippen LogP contribution is 2.17. The Hall–Kier alpha value is -2.83. The Kier molecular flexibility index (Phi) is 8.02. The van der Waals surface area contributed by atoms with E-state index in [9.17, 15) is 14.0 Å². The summed E-state index contributed by atoms with van der Waals surface area (Å²) >= 11 is 3.04. The minimum atomic E-state index is -0.394. The molecule has 33 heavy (non-hydrogen) atoms. The summed E-state index contributed by atoms with van der Waals surface area (Å²) in [6.07, 6.45) is 0.846. The van der Waals surface area contributed by atoms with Gasteiger partial charge in [-0.05, 0) is 40.1 Å². The Bertz CT molecular complexity index is 1070. The molecular formula is C21H24FN7O2S2. The molecule has 0 aliphatic carbocycles. The first-order valence-corrected chi connectivity index (χ1v) is 12.4. The van der Waals surface area contributed by atoms with E-state index in [-0.39, 0.29) is 24.1 Å². The number of carbonyl (C=O) groups excluding carboxylic acids is 2. The van der Waals surface area contributed by atoms with Crippen molar-refractivity contribution in [2.75, 3.05) is 43.8 Å². The number of thiophene rings is 1. The quantitative estimate of drug-likeness (QED) is 0.459. The summed E-state index contributed by atoms with van der Waals surface area (Å²) in [5.74, 6) is -0.310. The molecule has 3 heterocycles. The van der Waals surface area contributed by atoms with Crippen LogP contribution in [0.3, 0.4) is 0 Å². The molecule has 1 N–H and O–H groups in total. The van der Waals surface area contributed by atoms with Crippen molar-refractivity contribution in [3.63, 3.8) is 0 Å². The van der Waals surface area contributed by atoms with E-state index >= 15 is 0 Å². The second-order valence-corrected chi connectivity index (χ2v) is 9.49. The number of anilines is 1. The summed E-state index contributed by atoms with van der Waals surface area (Å²) in [5.41, 5.74) is 0.434. The van der Waals surface area contributed by atoms with Gasteiger partial charge in [0, 0.05) is 43.2 Å². The normalized spacial score (nSPS) is 14.4. The number of thioether (sulfide) groups is 1. The zero-order valence-corrected chi connectivity index (χ0v) is 19.5. The Morgan fingerprint density at radius 3 is 2.76 bits per heavy atom. The molecule has 1 aliphatic rings. The highest BCUT2D eigenvalue weighted by molar-refractivity contribution is 7.99. The van der Waals surface area contributed by atoms with E-state index in [1.165, 1.54) is 28.8 Å². The van der Waals surface area contributed by atoms with Gasteiger partial charge in [-0.2, -0.15) is 0 Å². The standard InChI is InChI=1S/C21H24FN7O2S2/c22-16-3-1-4-17(13-16)23-19(30)14-27-8-10-28(11-9-27)20(31)15-33-21-24-25-26-29(21)7-6-18-5-2-12-32-18/h1-5,12-13H,6-11,14-15H2,(H,23,30). The zero-order valence-electron chi connectivity index (χ0n) is 17.9. The number of halogens is 1. The topological polar surface area (TPSA) is 96.2 Å². The lowest BCUT2D eigenvalue weighted by Gasteiger charge is -2.34. The van der Waals surface area contributed by atoms with Gasteiger partial charge in [-0.15, -0.1) is 16.4 Å². The van der Waals surface area contributed by atoms with Crippen LogP contribution in [0.5, 0.6) is 0 Å². The summed E-state index contributed by atoms with van der Waals surface area (Å²) in [6.45, 7) is 3.18. The number of amides is 2. The van der Waals surface area contributed by atoms with E-state index < -0.39 is 5.82 Å². The fourth-order valence-electron chi connectivity index (χ4n) is 3.45. The Balaban J connectivity index is 1.18. The average molecular weight is 490 g/mol. The summed E-state index contributed by atoms with van der Waals surface area (Å²) < 4.78 is 15.0. The summed E-state index contributed by atoms with van der Waals surface area (Å²) in [6, 6.07) is 9.91. The van der Waals surface area contributed by atoms with Gasteiger partial charge < -0.3 is 10.2 Å². The molecule has 2 amide bonds. The van der Waals surface area contributed by atoms with Gasteiger partial charge in [-0.3, -0.25) is 14.5 Å². The van der Waals surface area contributed by atoms with Crippen LogP contribution in [0.1, 0.15) is 4.88 Å². The van der Waals surface area contributed by atoms with Gasteiger partial charge >= 0.3 is 0 Å². The Morgan fingerprint density at radius 2 is 2.00 bits per heavy atom. The molecule has 0 saturated carbocycles. The first kappa shape index (κ1) is 23.3. The fraction of sp³-hybridized carbons (Fsp3) is 0.381. The summed E-state index contributed by atoms with van der Waals surface area (Å²) in [7, 11) is 0. The van der Waals surface area contributed by atoms with Gasteiger partial charge in [-0.1, -0.05) is 23.9 Å². The molecule has 0 spiro atoms. The number of aryl methyl sites for hydroxylation is 2. The van der Waals surface area contributed by atoms with Gasteiger partial charge in [0.15, 0.2) is 0 Å². The molecule has 2 aromatic heterocycles. The molecule has 0 atom stereocenters. The molecule has 1 fully saturated rings. The largest absolute Gasteiger partial charge is 0.339 e. The van der Waals surface area contributed by atoms with E-state index in [1.54, 1.807) is 33.1 Å². The molecule has 1 aromatic carbocycles. The van der Waals surface area contributed by atoms with Gasteiger partial charge in [0.2, 0.25) is 17.0 Å². The molecule has 0 radical (unpaired) electrons. The number of benzene rings is 1. The lowest BCUT2D eigenvalue weighted by Crippen LogP contribution is -2.50. The highest BCUT2D eigenvalue weighted by atomic mass is 32.2. The number of aromatic nitrogens is 4. The monoisotopic (exact) mass is 489 g/mol. The predicted octanol–water partition coefficient (Wildman–Crippen LogP) is 1.99. The second-order valence-electron chi connectivity index (χ2n) is 7.52. The van der Waals surface area contributed by atoms with Crippen molar-refractivity contribution < 1.29 is 14.0 Å². The first-order valence-electron chi connectivity index (χ1n) is 10.5. The number of piperazine rings is 1. The molecule has 3 aromatic rings. The SMILES string of the molecule is O=C(CN1CCN(C(=O)CSc2nnnn2CCc2cccs2)CC1)Nc1cccc(F)c1. The van der Waals surface area contributed by atoms with E-state index in [1.807, 2.05) is 16.3 Å². The molecule has 174 valence electrons. The highest BCUT2D eigenvalue weighted by Gasteiger charge is 2.23. The Labute approximate surface area is 198 Å². The number of carbonyl (C=O) groups is 2. The molecule has 12 heteroatoms. The van der Waals surface area contributed by atoms with Crippen LogP contribution in [-0.4, -0.2) is 80.3 Å². The van der Waals surface area contributed by atoms with Crippen molar-refractivity contribution >= 4 is 40.6 Å². The van der Waals surface area contributed by atoms with Gasteiger partial charge in [0.1, 0.15) is 5.82 Å². The molecule has 4 rings (SSSR count). The predicted molar refractivity (Wildman–Crippen MR) is 125 cm³/mol. The number of rotatable bonds is 9. The second kappa shape index (κ2) is 11.3. The lowest BCUT2D eigenvalue weighted by molar-refractivity contribution is -0.130. The lowest BCUT2D eigenvalue weighted by atomic mass is 10.3. The number of tetrazole rings is 1. The summed E-state index contributed by atoms with van der Waals surface area (Å²) in [4.78, 5) is 29.9. The fourth-order valence-corrected chi connectivity index (χ4v) is 4.96. The van der Waals surface area contributed by atoms with Gasteiger partial charge in [-0.25, -0.2) is 9.07 Å². The van der Waals surface area contributed by atoms with Gasteiger partial charge in [0.05, 0.1) is 18.8 Å². The molecule has 1 saturated heterocycles. The van der Waals surface area contributed by atoms with Crippen LogP contribution in [-0.2, 0) is 22.6 Å². The number of hydrogen-bond acceptors (Lipinski definition) is 8. The van der Waals surface area contributed by atoms with Crippen molar-refractivity contribution in [1.29, 1.82) is 0 Å².